The van der Waals surface area contributed by atoms with Crippen LogP contribution in [0.25, 0.3) is 0 Å². The zero-order valence-electron chi connectivity index (χ0n) is 14.7. The molecule has 1 atom stereocenters. The molecule has 0 aliphatic carbocycles. The van der Waals surface area contributed by atoms with Crippen LogP contribution in [0.3, 0.4) is 0 Å². The van der Waals surface area contributed by atoms with Gasteiger partial charge in [0.25, 0.3) is 0 Å². The fourth-order valence-corrected chi connectivity index (χ4v) is 2.33. The summed E-state index contributed by atoms with van der Waals surface area (Å²) in [5, 5.41) is 16.8. The molecule has 0 saturated carbocycles. The SMILES string of the molecule is CN(/[N+]([O-])=N\O[C@@H]1CCN(c2ccc(C(F)(F)F)cc2)C1)C(C)(C)C. The third kappa shape index (κ3) is 4.90. The third-order valence-corrected chi connectivity index (χ3v) is 4.20. The van der Waals surface area contributed by atoms with Crippen molar-refractivity contribution in [3.05, 3.63) is 35.0 Å². The van der Waals surface area contributed by atoms with Gasteiger partial charge in [-0.2, -0.15) is 13.2 Å². The first-order valence-electron chi connectivity index (χ1n) is 7.98. The first kappa shape index (κ1) is 19.1. The predicted octanol–water partition coefficient (Wildman–Crippen LogP) is 3.82. The van der Waals surface area contributed by atoms with E-state index < -0.39 is 17.3 Å². The minimum atomic E-state index is -4.34. The van der Waals surface area contributed by atoms with Crippen LogP contribution < -0.4 is 4.90 Å². The Morgan fingerprint density at radius 2 is 1.84 bits per heavy atom. The fraction of sp³-hybridized carbons (Fsp3) is 0.625. The lowest BCUT2D eigenvalue weighted by Crippen LogP contribution is -2.42. The van der Waals surface area contributed by atoms with Gasteiger partial charge in [0.15, 0.2) is 6.10 Å². The maximum Gasteiger partial charge on any atom is 0.416 e. The van der Waals surface area contributed by atoms with E-state index in [9.17, 15) is 18.4 Å². The molecule has 1 aromatic carbocycles. The molecule has 1 aromatic rings. The molecule has 1 saturated heterocycles. The van der Waals surface area contributed by atoms with Gasteiger partial charge in [0.2, 0.25) is 5.28 Å². The van der Waals surface area contributed by atoms with Crippen molar-refractivity contribution in [2.24, 2.45) is 5.28 Å². The number of hydrogen-bond donors (Lipinski definition) is 0. The Balaban J connectivity index is 1.93. The predicted molar refractivity (Wildman–Crippen MR) is 86.7 cm³/mol. The van der Waals surface area contributed by atoms with E-state index in [2.05, 4.69) is 5.28 Å². The van der Waals surface area contributed by atoms with Gasteiger partial charge in [-0.1, -0.05) is 0 Å². The molecule has 0 unspecified atom stereocenters. The molecule has 140 valence electrons. The minimum absolute atomic E-state index is 0.285. The molecule has 1 fully saturated rings. The summed E-state index contributed by atoms with van der Waals surface area (Å²) in [6, 6.07) is 5.00. The van der Waals surface area contributed by atoms with Crippen LogP contribution in [0.15, 0.2) is 29.5 Å². The summed E-state index contributed by atoms with van der Waals surface area (Å²) in [6.07, 6.45) is -3.99. The van der Waals surface area contributed by atoms with Crippen molar-refractivity contribution in [2.45, 2.75) is 45.0 Å². The van der Waals surface area contributed by atoms with E-state index >= 15 is 0 Å². The van der Waals surface area contributed by atoms with Crippen LogP contribution in [0.1, 0.15) is 32.8 Å². The minimum Gasteiger partial charge on any atom is -0.569 e. The number of hydrogen-bond acceptors (Lipinski definition) is 4. The molecule has 1 aliphatic rings. The Morgan fingerprint density at radius 1 is 1.24 bits per heavy atom. The number of benzene rings is 1. The second kappa shape index (κ2) is 6.97. The monoisotopic (exact) mass is 360 g/mol. The summed E-state index contributed by atoms with van der Waals surface area (Å²) in [4.78, 5) is 7.60. The zero-order chi connectivity index (χ0) is 18.8. The Bertz CT molecular complexity index is 611. The molecule has 25 heavy (non-hydrogen) atoms. The van der Waals surface area contributed by atoms with Crippen LogP contribution in [0, 0.1) is 5.21 Å². The molecule has 0 amide bonds. The molecule has 0 N–H and O–H groups in total. The molecule has 1 aliphatic heterocycles. The van der Waals surface area contributed by atoms with Crippen molar-refractivity contribution >= 4 is 5.69 Å². The van der Waals surface area contributed by atoms with E-state index in [-0.39, 0.29) is 6.10 Å². The van der Waals surface area contributed by atoms with Crippen LogP contribution in [0.4, 0.5) is 18.9 Å². The van der Waals surface area contributed by atoms with Crippen LogP contribution in [0.2, 0.25) is 0 Å². The molecule has 0 spiro atoms. The number of hydrazine groups is 1. The van der Waals surface area contributed by atoms with Gasteiger partial charge < -0.3 is 14.9 Å². The summed E-state index contributed by atoms with van der Waals surface area (Å²) >= 11 is 0. The van der Waals surface area contributed by atoms with Gasteiger partial charge in [0.1, 0.15) is 0 Å². The van der Waals surface area contributed by atoms with Crippen LogP contribution in [-0.4, -0.2) is 41.8 Å². The van der Waals surface area contributed by atoms with Crippen molar-refractivity contribution in [2.75, 3.05) is 25.0 Å². The Kier molecular flexibility index (Phi) is 5.34. The van der Waals surface area contributed by atoms with E-state index in [1.807, 2.05) is 25.7 Å². The van der Waals surface area contributed by atoms with Crippen molar-refractivity contribution in [1.82, 2.24) is 5.01 Å². The zero-order valence-corrected chi connectivity index (χ0v) is 14.7. The van der Waals surface area contributed by atoms with Gasteiger partial charge in [0, 0.05) is 18.7 Å². The lowest BCUT2D eigenvalue weighted by molar-refractivity contribution is -0.720. The van der Waals surface area contributed by atoms with Gasteiger partial charge in [0.05, 0.1) is 29.7 Å². The number of rotatable bonds is 4. The lowest BCUT2D eigenvalue weighted by atomic mass is 10.1. The van der Waals surface area contributed by atoms with E-state index in [4.69, 9.17) is 4.84 Å². The van der Waals surface area contributed by atoms with Crippen molar-refractivity contribution in [3.63, 3.8) is 0 Å². The Labute approximate surface area is 145 Å². The van der Waals surface area contributed by atoms with Crippen LogP contribution in [0.5, 0.6) is 0 Å². The molecule has 0 radical (unpaired) electrons. The number of halogens is 3. The second-order valence-corrected chi connectivity index (χ2v) is 7.04. The number of anilines is 1. The highest BCUT2D eigenvalue weighted by Crippen LogP contribution is 2.31. The highest BCUT2D eigenvalue weighted by molar-refractivity contribution is 5.49. The van der Waals surface area contributed by atoms with Crippen LogP contribution in [-0.2, 0) is 11.0 Å². The average Bonchev–Trinajstić information content (AvgIpc) is 2.99. The maximum absolute atomic E-state index is 12.6. The summed E-state index contributed by atoms with van der Waals surface area (Å²) in [7, 11) is 1.61. The second-order valence-electron chi connectivity index (χ2n) is 7.04. The quantitative estimate of drug-likeness (QED) is 0.465. The summed E-state index contributed by atoms with van der Waals surface area (Å²) < 4.78 is 37.8. The lowest BCUT2D eigenvalue weighted by Gasteiger charge is -2.26. The van der Waals surface area contributed by atoms with Gasteiger partial charge in [-0.3, -0.25) is 0 Å². The standard InChI is InChI=1S/C16H23F3N4O2/c1-15(2,3)21(4)23(24)20-25-14-9-10-22(11-14)13-7-5-12(6-8-13)16(17,18)19/h5-8,14H,9-11H2,1-4H3/b23-20+/t14-/m1/s1. The molecule has 9 heteroatoms. The van der Waals surface area contributed by atoms with E-state index in [0.29, 0.717) is 30.2 Å². The highest BCUT2D eigenvalue weighted by Gasteiger charge is 2.31. The largest absolute Gasteiger partial charge is 0.569 e. The van der Waals surface area contributed by atoms with Crippen molar-refractivity contribution < 1.29 is 23.0 Å². The number of nitrogens with zero attached hydrogens (tertiary/aromatic N) is 4. The first-order chi connectivity index (χ1) is 11.5. The fourth-order valence-electron chi connectivity index (χ4n) is 2.33. The average molecular weight is 360 g/mol. The van der Waals surface area contributed by atoms with E-state index in [1.165, 1.54) is 17.1 Å². The molecule has 0 aromatic heterocycles. The Hall–Kier alpha value is -2.19. The third-order valence-electron chi connectivity index (χ3n) is 4.20. The van der Waals surface area contributed by atoms with Gasteiger partial charge >= 0.3 is 6.18 Å². The highest BCUT2D eigenvalue weighted by atomic mass is 19.4. The van der Waals surface area contributed by atoms with Crippen molar-refractivity contribution in [3.8, 4) is 0 Å². The molecular formula is C16H23F3N4O2. The van der Waals surface area contributed by atoms with Gasteiger partial charge in [-0.25, -0.2) is 0 Å². The Morgan fingerprint density at radius 3 is 2.36 bits per heavy atom. The summed E-state index contributed by atoms with van der Waals surface area (Å²) in [5.74, 6) is 0. The number of alkyl halides is 3. The van der Waals surface area contributed by atoms with Crippen LogP contribution >= 0.6 is 0 Å². The molecule has 2 rings (SSSR count). The first-order valence-corrected chi connectivity index (χ1v) is 7.98. The summed E-state index contributed by atoms with van der Waals surface area (Å²) in [6.45, 7) is 6.70. The molecule has 0 bridgehead atoms. The topological polar surface area (TPSA) is 54.1 Å². The molecule has 6 nitrogen and oxygen atoms in total. The maximum atomic E-state index is 12.6. The molecular weight excluding hydrogens is 337 g/mol. The smallest absolute Gasteiger partial charge is 0.416 e. The normalized spacial score (nSPS) is 19.2. The van der Waals surface area contributed by atoms with Gasteiger partial charge in [-0.05, 0) is 45.0 Å². The van der Waals surface area contributed by atoms with E-state index in [1.54, 1.807) is 7.05 Å². The molecule has 1 heterocycles. The van der Waals surface area contributed by atoms with Gasteiger partial charge in [-0.15, -0.1) is 5.01 Å². The van der Waals surface area contributed by atoms with Crippen molar-refractivity contribution in [1.29, 1.82) is 0 Å². The van der Waals surface area contributed by atoms with E-state index in [0.717, 1.165) is 12.1 Å². The summed E-state index contributed by atoms with van der Waals surface area (Å²) in [5.41, 5.74) is -0.383.